The monoisotopic (exact) mass is 364 g/mol. The Morgan fingerprint density at radius 1 is 0.889 bits per heavy atom. The largest absolute Gasteiger partial charge is 0.372 e. The SMILES string of the molecule is Cc1ccc(C(=O)CCC(=O)Nc2ccc(N3CCCCC3)cc2)cc1C. The zero-order valence-electron chi connectivity index (χ0n) is 16.3. The number of nitrogens with one attached hydrogen (secondary N) is 1. The maximum Gasteiger partial charge on any atom is 0.224 e. The van der Waals surface area contributed by atoms with Gasteiger partial charge in [0.2, 0.25) is 5.91 Å². The summed E-state index contributed by atoms with van der Waals surface area (Å²) in [5, 5.41) is 2.89. The molecule has 27 heavy (non-hydrogen) atoms. The Hall–Kier alpha value is -2.62. The number of rotatable bonds is 6. The molecule has 4 heteroatoms. The zero-order valence-corrected chi connectivity index (χ0v) is 16.3. The van der Waals surface area contributed by atoms with E-state index in [1.54, 1.807) is 0 Å². The van der Waals surface area contributed by atoms with Crippen molar-refractivity contribution in [3.63, 3.8) is 0 Å². The summed E-state index contributed by atoms with van der Waals surface area (Å²) in [5.41, 5.74) is 4.92. The normalized spacial score (nSPS) is 14.1. The van der Waals surface area contributed by atoms with Crippen molar-refractivity contribution in [2.45, 2.75) is 46.0 Å². The number of hydrogen-bond donors (Lipinski definition) is 1. The van der Waals surface area contributed by atoms with E-state index in [4.69, 9.17) is 0 Å². The molecule has 2 aromatic rings. The minimum atomic E-state index is -0.127. The lowest BCUT2D eigenvalue weighted by Gasteiger charge is -2.28. The molecule has 2 aromatic carbocycles. The summed E-state index contributed by atoms with van der Waals surface area (Å²) in [5.74, 6) is -0.119. The van der Waals surface area contributed by atoms with Crippen LogP contribution in [0.1, 0.15) is 53.6 Å². The van der Waals surface area contributed by atoms with Gasteiger partial charge in [0.15, 0.2) is 5.78 Å². The van der Waals surface area contributed by atoms with Crippen molar-refractivity contribution in [1.82, 2.24) is 0 Å². The van der Waals surface area contributed by atoms with E-state index in [-0.39, 0.29) is 24.5 Å². The molecule has 1 fully saturated rings. The second-order valence-corrected chi connectivity index (χ2v) is 7.36. The maximum atomic E-state index is 12.3. The number of carbonyl (C=O) groups is 2. The summed E-state index contributed by atoms with van der Waals surface area (Å²) < 4.78 is 0. The van der Waals surface area contributed by atoms with E-state index >= 15 is 0 Å². The summed E-state index contributed by atoms with van der Waals surface area (Å²) >= 11 is 0. The van der Waals surface area contributed by atoms with Gasteiger partial charge in [0.25, 0.3) is 0 Å². The van der Waals surface area contributed by atoms with Crippen LogP contribution in [-0.2, 0) is 4.79 Å². The number of piperidine rings is 1. The Labute approximate surface area is 161 Å². The van der Waals surface area contributed by atoms with Gasteiger partial charge in [0.1, 0.15) is 0 Å². The Balaban J connectivity index is 1.50. The lowest BCUT2D eigenvalue weighted by atomic mass is 10.0. The third kappa shape index (κ3) is 5.19. The van der Waals surface area contributed by atoms with Crippen LogP contribution in [0.25, 0.3) is 0 Å². The Morgan fingerprint density at radius 2 is 1.59 bits per heavy atom. The molecule has 1 heterocycles. The van der Waals surface area contributed by atoms with Crippen LogP contribution in [0.5, 0.6) is 0 Å². The molecule has 0 radical (unpaired) electrons. The molecule has 0 spiro atoms. The molecule has 0 saturated carbocycles. The Kier molecular flexibility index (Phi) is 6.28. The van der Waals surface area contributed by atoms with Gasteiger partial charge < -0.3 is 10.2 Å². The lowest BCUT2D eigenvalue weighted by molar-refractivity contribution is -0.116. The van der Waals surface area contributed by atoms with Crippen LogP contribution in [0.2, 0.25) is 0 Å². The predicted molar refractivity (Wildman–Crippen MR) is 111 cm³/mol. The summed E-state index contributed by atoms with van der Waals surface area (Å²) in [6, 6.07) is 13.7. The fourth-order valence-corrected chi connectivity index (χ4v) is 3.42. The van der Waals surface area contributed by atoms with Gasteiger partial charge in [-0.3, -0.25) is 9.59 Å². The molecule has 1 amide bonds. The summed E-state index contributed by atoms with van der Waals surface area (Å²) in [7, 11) is 0. The van der Waals surface area contributed by atoms with Crippen LogP contribution in [0.15, 0.2) is 42.5 Å². The third-order valence-corrected chi connectivity index (χ3v) is 5.28. The van der Waals surface area contributed by atoms with E-state index < -0.39 is 0 Å². The van der Waals surface area contributed by atoms with Crippen LogP contribution in [0.4, 0.5) is 11.4 Å². The molecule has 0 bridgehead atoms. The van der Waals surface area contributed by atoms with E-state index in [9.17, 15) is 9.59 Å². The van der Waals surface area contributed by atoms with E-state index in [0.717, 1.165) is 29.9 Å². The van der Waals surface area contributed by atoms with Crippen LogP contribution < -0.4 is 10.2 Å². The smallest absolute Gasteiger partial charge is 0.224 e. The molecular weight excluding hydrogens is 336 g/mol. The number of Topliss-reactive ketones (excluding diaryl/α,β-unsaturated/α-hetero) is 1. The molecule has 142 valence electrons. The van der Waals surface area contributed by atoms with Crippen molar-refractivity contribution >= 4 is 23.1 Å². The number of ketones is 1. The van der Waals surface area contributed by atoms with Gasteiger partial charge in [-0.1, -0.05) is 12.1 Å². The van der Waals surface area contributed by atoms with Crippen molar-refractivity contribution in [2.75, 3.05) is 23.3 Å². The molecule has 1 N–H and O–H groups in total. The van der Waals surface area contributed by atoms with Crippen molar-refractivity contribution in [1.29, 1.82) is 0 Å². The molecule has 4 nitrogen and oxygen atoms in total. The third-order valence-electron chi connectivity index (χ3n) is 5.28. The second-order valence-electron chi connectivity index (χ2n) is 7.36. The van der Waals surface area contributed by atoms with Crippen molar-refractivity contribution in [2.24, 2.45) is 0 Å². The van der Waals surface area contributed by atoms with Gasteiger partial charge in [-0.25, -0.2) is 0 Å². The topological polar surface area (TPSA) is 49.4 Å². The van der Waals surface area contributed by atoms with Gasteiger partial charge in [0.05, 0.1) is 0 Å². The standard InChI is InChI=1S/C23H28N2O2/c1-17-6-7-19(16-18(17)2)22(26)12-13-23(27)24-20-8-10-21(11-9-20)25-14-4-3-5-15-25/h6-11,16H,3-5,12-15H2,1-2H3,(H,24,27). The molecule has 0 unspecified atom stereocenters. The first-order valence-electron chi connectivity index (χ1n) is 9.78. The number of carbonyl (C=O) groups excluding carboxylic acids is 2. The summed E-state index contributed by atoms with van der Waals surface area (Å²) in [6.45, 7) is 6.22. The van der Waals surface area contributed by atoms with E-state index in [1.807, 2.05) is 44.2 Å². The number of benzene rings is 2. The van der Waals surface area contributed by atoms with Gasteiger partial charge in [0, 0.05) is 42.9 Å². The number of anilines is 2. The summed E-state index contributed by atoms with van der Waals surface area (Å²) in [6.07, 6.45) is 4.21. The second kappa shape index (κ2) is 8.85. The number of amides is 1. The average Bonchev–Trinajstić information content (AvgIpc) is 2.69. The van der Waals surface area contributed by atoms with Gasteiger partial charge in [-0.05, 0) is 74.6 Å². The van der Waals surface area contributed by atoms with Crippen LogP contribution in [-0.4, -0.2) is 24.8 Å². The molecule has 1 saturated heterocycles. The van der Waals surface area contributed by atoms with E-state index in [2.05, 4.69) is 22.3 Å². The van der Waals surface area contributed by atoms with Crippen LogP contribution in [0.3, 0.4) is 0 Å². The first-order chi connectivity index (χ1) is 13.0. The summed E-state index contributed by atoms with van der Waals surface area (Å²) in [4.78, 5) is 26.9. The molecule has 3 rings (SSSR count). The fraction of sp³-hybridized carbons (Fsp3) is 0.391. The Morgan fingerprint density at radius 3 is 2.26 bits per heavy atom. The average molecular weight is 364 g/mol. The molecule has 0 aromatic heterocycles. The molecule has 1 aliphatic heterocycles. The minimum Gasteiger partial charge on any atom is -0.372 e. The highest BCUT2D eigenvalue weighted by atomic mass is 16.2. The van der Waals surface area contributed by atoms with Crippen LogP contribution >= 0.6 is 0 Å². The highest BCUT2D eigenvalue weighted by molar-refractivity contribution is 6.00. The number of nitrogens with zero attached hydrogens (tertiary/aromatic N) is 1. The van der Waals surface area contributed by atoms with Crippen molar-refractivity contribution in [3.05, 3.63) is 59.2 Å². The first-order valence-corrected chi connectivity index (χ1v) is 9.78. The van der Waals surface area contributed by atoms with Gasteiger partial charge in [-0.15, -0.1) is 0 Å². The highest BCUT2D eigenvalue weighted by Crippen LogP contribution is 2.22. The lowest BCUT2D eigenvalue weighted by Crippen LogP contribution is -2.29. The quantitative estimate of drug-likeness (QED) is 0.742. The van der Waals surface area contributed by atoms with Gasteiger partial charge in [-0.2, -0.15) is 0 Å². The van der Waals surface area contributed by atoms with E-state index in [0.29, 0.717) is 5.56 Å². The molecule has 1 aliphatic rings. The Bertz CT molecular complexity index is 806. The van der Waals surface area contributed by atoms with Gasteiger partial charge >= 0.3 is 0 Å². The van der Waals surface area contributed by atoms with Crippen molar-refractivity contribution < 1.29 is 9.59 Å². The highest BCUT2D eigenvalue weighted by Gasteiger charge is 2.12. The first kappa shape index (κ1) is 19.2. The van der Waals surface area contributed by atoms with Crippen molar-refractivity contribution in [3.8, 4) is 0 Å². The molecule has 0 atom stereocenters. The fourth-order valence-electron chi connectivity index (χ4n) is 3.42. The molecular formula is C23H28N2O2. The number of aryl methyl sites for hydroxylation is 2. The van der Waals surface area contributed by atoms with Crippen LogP contribution in [0, 0.1) is 13.8 Å². The molecule has 0 aliphatic carbocycles. The zero-order chi connectivity index (χ0) is 19.2. The maximum absolute atomic E-state index is 12.3. The predicted octanol–water partition coefficient (Wildman–Crippen LogP) is 4.90. The minimum absolute atomic E-state index is 0.00805. The van der Waals surface area contributed by atoms with E-state index in [1.165, 1.54) is 24.9 Å². The number of hydrogen-bond acceptors (Lipinski definition) is 3.